The molecule has 6 nitrogen and oxygen atoms in total. The van der Waals surface area contributed by atoms with E-state index < -0.39 is 11.9 Å². The fraction of sp³-hybridized carbons (Fsp3) is 0.214. The van der Waals surface area contributed by atoms with Gasteiger partial charge in [-0.25, -0.2) is 4.79 Å². The second kappa shape index (κ2) is 6.51. The molecule has 1 aromatic rings. The van der Waals surface area contributed by atoms with Gasteiger partial charge >= 0.3 is 5.97 Å². The van der Waals surface area contributed by atoms with Gasteiger partial charge < -0.3 is 15.7 Å². The summed E-state index contributed by atoms with van der Waals surface area (Å²) < 4.78 is 0. The first-order valence-corrected chi connectivity index (χ1v) is 5.86. The van der Waals surface area contributed by atoms with Gasteiger partial charge in [0.15, 0.2) is 0 Å². The van der Waals surface area contributed by atoms with Crippen molar-refractivity contribution in [3.63, 3.8) is 0 Å². The van der Waals surface area contributed by atoms with Crippen LogP contribution < -0.4 is 5.73 Å². The van der Waals surface area contributed by atoms with Crippen LogP contribution >= 0.6 is 0 Å². The van der Waals surface area contributed by atoms with Crippen molar-refractivity contribution in [2.24, 2.45) is 5.73 Å². The van der Waals surface area contributed by atoms with E-state index in [0.29, 0.717) is 11.1 Å². The summed E-state index contributed by atoms with van der Waals surface area (Å²) in [6.45, 7) is 1.62. The first kappa shape index (κ1) is 15.4. The van der Waals surface area contributed by atoms with Crippen LogP contribution in [0.15, 0.2) is 24.3 Å². The molecule has 0 radical (unpaired) electrons. The molecule has 1 aromatic carbocycles. The third-order valence-corrected chi connectivity index (χ3v) is 2.66. The number of nitrogens with zero attached hydrogens (tertiary/aromatic N) is 1. The number of carboxylic acids is 1. The molecule has 0 saturated heterocycles. The standard InChI is InChI=1S/C14H16N2O4/c1-9-7-11(14(20)16(2)8-12(15)17)4-3-10(9)5-6-13(18)19/h3-7H,8H2,1-2H3,(H2,15,17)(H,18,19)/b6-5+. The summed E-state index contributed by atoms with van der Waals surface area (Å²) in [6, 6.07) is 4.87. The van der Waals surface area contributed by atoms with Crippen molar-refractivity contribution >= 4 is 23.9 Å². The minimum atomic E-state index is -1.04. The van der Waals surface area contributed by atoms with Gasteiger partial charge in [0, 0.05) is 18.7 Å². The Labute approximate surface area is 116 Å². The first-order chi connectivity index (χ1) is 9.31. The monoisotopic (exact) mass is 276 g/mol. The van der Waals surface area contributed by atoms with E-state index in [1.165, 1.54) is 18.0 Å². The molecule has 2 amide bonds. The fourth-order valence-electron chi connectivity index (χ4n) is 1.68. The maximum atomic E-state index is 12.0. The molecular formula is C14H16N2O4. The lowest BCUT2D eigenvalue weighted by Crippen LogP contribution is -2.35. The van der Waals surface area contributed by atoms with Crippen LogP contribution in [0.3, 0.4) is 0 Å². The van der Waals surface area contributed by atoms with Crippen LogP contribution in [0.2, 0.25) is 0 Å². The van der Waals surface area contributed by atoms with E-state index >= 15 is 0 Å². The number of rotatable bonds is 5. The molecule has 0 spiro atoms. The Kier molecular flexibility index (Phi) is 5.02. The largest absolute Gasteiger partial charge is 0.478 e. The summed E-state index contributed by atoms with van der Waals surface area (Å²) in [4.78, 5) is 34.5. The van der Waals surface area contributed by atoms with Gasteiger partial charge in [-0.15, -0.1) is 0 Å². The Hall–Kier alpha value is -2.63. The molecule has 0 aromatic heterocycles. The Balaban J connectivity index is 2.94. The highest BCUT2D eigenvalue weighted by molar-refractivity contribution is 5.96. The maximum Gasteiger partial charge on any atom is 0.328 e. The van der Waals surface area contributed by atoms with Gasteiger partial charge in [-0.2, -0.15) is 0 Å². The predicted octanol–water partition coefficient (Wildman–Crippen LogP) is 0.650. The summed E-state index contributed by atoms with van der Waals surface area (Å²) in [6.07, 6.45) is 2.49. The van der Waals surface area contributed by atoms with Gasteiger partial charge in [0.1, 0.15) is 0 Å². The lowest BCUT2D eigenvalue weighted by atomic mass is 10.0. The van der Waals surface area contributed by atoms with Crippen molar-refractivity contribution in [3.8, 4) is 0 Å². The number of amides is 2. The van der Waals surface area contributed by atoms with E-state index in [9.17, 15) is 14.4 Å². The topological polar surface area (TPSA) is 101 Å². The van der Waals surface area contributed by atoms with E-state index in [1.54, 1.807) is 25.1 Å². The van der Waals surface area contributed by atoms with Gasteiger partial charge in [0.25, 0.3) is 5.91 Å². The van der Waals surface area contributed by atoms with Crippen LogP contribution in [0.5, 0.6) is 0 Å². The van der Waals surface area contributed by atoms with Crippen LogP contribution in [0.25, 0.3) is 6.08 Å². The number of primary amides is 1. The number of likely N-dealkylation sites (N-methyl/N-ethyl adjacent to an activating group) is 1. The van der Waals surface area contributed by atoms with E-state index in [1.807, 2.05) is 0 Å². The van der Waals surface area contributed by atoms with Gasteiger partial charge in [0.05, 0.1) is 6.54 Å². The summed E-state index contributed by atoms with van der Waals surface area (Å²) in [5, 5.41) is 8.57. The molecule has 6 heteroatoms. The van der Waals surface area contributed by atoms with E-state index in [-0.39, 0.29) is 12.5 Å². The van der Waals surface area contributed by atoms with Gasteiger partial charge in [0.2, 0.25) is 5.91 Å². The molecule has 0 fully saturated rings. The predicted molar refractivity (Wildman–Crippen MR) is 74.0 cm³/mol. The third kappa shape index (κ3) is 4.24. The number of aryl methyl sites for hydroxylation is 1. The molecule has 20 heavy (non-hydrogen) atoms. The lowest BCUT2D eigenvalue weighted by molar-refractivity contribution is -0.131. The van der Waals surface area contributed by atoms with Crippen LogP contribution in [-0.4, -0.2) is 41.4 Å². The Bertz CT molecular complexity index is 579. The normalized spacial score (nSPS) is 10.5. The number of carboxylic acid groups (broad SMARTS) is 1. The van der Waals surface area contributed by atoms with Crippen LogP contribution in [0, 0.1) is 6.92 Å². The number of benzene rings is 1. The quantitative estimate of drug-likeness (QED) is 0.771. The second-order valence-corrected chi connectivity index (χ2v) is 4.37. The number of hydrogen-bond acceptors (Lipinski definition) is 3. The number of aliphatic carboxylic acids is 1. The SMILES string of the molecule is Cc1cc(C(=O)N(C)CC(N)=O)ccc1/C=C/C(=O)O. The number of nitrogens with two attached hydrogens (primary N) is 1. The molecule has 0 heterocycles. The highest BCUT2D eigenvalue weighted by Gasteiger charge is 2.14. The van der Waals surface area contributed by atoms with Crippen molar-refractivity contribution in [3.05, 3.63) is 41.0 Å². The van der Waals surface area contributed by atoms with Crippen molar-refractivity contribution < 1.29 is 19.5 Å². The minimum Gasteiger partial charge on any atom is -0.478 e. The van der Waals surface area contributed by atoms with Gasteiger partial charge in [-0.05, 0) is 36.3 Å². The number of carbonyl (C=O) groups excluding carboxylic acids is 2. The zero-order valence-electron chi connectivity index (χ0n) is 11.3. The average Bonchev–Trinajstić information content (AvgIpc) is 2.35. The summed E-state index contributed by atoms with van der Waals surface area (Å²) in [7, 11) is 1.49. The molecule has 106 valence electrons. The highest BCUT2D eigenvalue weighted by Crippen LogP contribution is 2.14. The van der Waals surface area contributed by atoms with Crippen molar-refractivity contribution in [1.29, 1.82) is 0 Å². The maximum absolute atomic E-state index is 12.0. The average molecular weight is 276 g/mol. The Morgan fingerprint density at radius 2 is 2.00 bits per heavy atom. The van der Waals surface area contributed by atoms with Gasteiger partial charge in [-0.1, -0.05) is 6.07 Å². The second-order valence-electron chi connectivity index (χ2n) is 4.37. The highest BCUT2D eigenvalue weighted by atomic mass is 16.4. The summed E-state index contributed by atoms with van der Waals surface area (Å²) in [5.74, 6) is -1.94. The molecule has 0 bridgehead atoms. The molecule has 0 saturated carbocycles. The first-order valence-electron chi connectivity index (χ1n) is 5.86. The van der Waals surface area contributed by atoms with Crippen molar-refractivity contribution in [2.45, 2.75) is 6.92 Å². The molecule has 0 unspecified atom stereocenters. The van der Waals surface area contributed by atoms with Crippen LogP contribution in [-0.2, 0) is 9.59 Å². The van der Waals surface area contributed by atoms with E-state index in [2.05, 4.69) is 0 Å². The minimum absolute atomic E-state index is 0.154. The molecule has 3 N–H and O–H groups in total. The van der Waals surface area contributed by atoms with Crippen molar-refractivity contribution in [1.82, 2.24) is 4.90 Å². The smallest absolute Gasteiger partial charge is 0.328 e. The van der Waals surface area contributed by atoms with E-state index in [0.717, 1.165) is 11.6 Å². The Morgan fingerprint density at radius 3 is 2.50 bits per heavy atom. The number of carbonyl (C=O) groups is 3. The van der Waals surface area contributed by atoms with Crippen LogP contribution in [0.4, 0.5) is 0 Å². The van der Waals surface area contributed by atoms with Gasteiger partial charge in [-0.3, -0.25) is 9.59 Å². The summed E-state index contributed by atoms with van der Waals surface area (Å²) in [5.41, 5.74) is 6.92. The number of hydrogen-bond donors (Lipinski definition) is 2. The fourth-order valence-corrected chi connectivity index (χ4v) is 1.68. The van der Waals surface area contributed by atoms with Crippen LogP contribution in [0.1, 0.15) is 21.5 Å². The molecule has 1 rings (SSSR count). The molecule has 0 aliphatic heterocycles. The molecular weight excluding hydrogens is 260 g/mol. The third-order valence-electron chi connectivity index (χ3n) is 2.66. The zero-order valence-corrected chi connectivity index (χ0v) is 11.3. The molecule has 0 atom stereocenters. The molecule has 0 aliphatic carbocycles. The summed E-state index contributed by atoms with van der Waals surface area (Å²) >= 11 is 0. The zero-order chi connectivity index (χ0) is 15.3. The Morgan fingerprint density at radius 1 is 1.35 bits per heavy atom. The molecule has 0 aliphatic rings. The van der Waals surface area contributed by atoms with E-state index in [4.69, 9.17) is 10.8 Å². The lowest BCUT2D eigenvalue weighted by Gasteiger charge is -2.15. The van der Waals surface area contributed by atoms with Crippen molar-refractivity contribution in [2.75, 3.05) is 13.6 Å².